The Kier molecular flexibility index (Phi) is 3.97. The van der Waals surface area contributed by atoms with Gasteiger partial charge in [0.25, 0.3) is 0 Å². The summed E-state index contributed by atoms with van der Waals surface area (Å²) in [5, 5.41) is 3.42. The van der Waals surface area contributed by atoms with Crippen LogP contribution in [0, 0.1) is 5.41 Å². The molecule has 2 aliphatic rings. The maximum absolute atomic E-state index is 12.3. The van der Waals surface area contributed by atoms with E-state index in [2.05, 4.69) is 5.32 Å². The lowest BCUT2D eigenvalue weighted by Crippen LogP contribution is -2.32. The average molecular weight is 286 g/mol. The molecule has 2 fully saturated rings. The van der Waals surface area contributed by atoms with Crippen LogP contribution in [-0.4, -0.2) is 44.1 Å². The summed E-state index contributed by atoms with van der Waals surface area (Å²) in [7, 11) is 1.65. The van der Waals surface area contributed by atoms with E-state index < -0.39 is 0 Å². The fourth-order valence-electron chi connectivity index (χ4n) is 3.26. The highest BCUT2D eigenvalue weighted by molar-refractivity contribution is 5.92. The number of methoxy groups -OCH3 is 1. The van der Waals surface area contributed by atoms with Crippen LogP contribution in [0.4, 0.5) is 0 Å². The zero-order chi connectivity index (χ0) is 14.7. The smallest absolute Gasteiger partial charge is 0.246 e. The Labute approximate surface area is 125 Å². The van der Waals surface area contributed by atoms with Gasteiger partial charge in [-0.3, -0.25) is 4.79 Å². The van der Waals surface area contributed by atoms with Crippen molar-refractivity contribution in [2.24, 2.45) is 5.41 Å². The molecule has 21 heavy (non-hydrogen) atoms. The SMILES string of the molecule is COc1ccc(/C=C/C(=O)N2CC[C@@]3(CCNC3)C2)cc1. The van der Waals surface area contributed by atoms with Gasteiger partial charge in [-0.2, -0.15) is 0 Å². The zero-order valence-corrected chi connectivity index (χ0v) is 12.5. The number of benzene rings is 1. The Morgan fingerprint density at radius 3 is 2.81 bits per heavy atom. The molecule has 1 amide bonds. The Morgan fingerprint density at radius 1 is 1.33 bits per heavy atom. The molecular weight excluding hydrogens is 264 g/mol. The van der Waals surface area contributed by atoms with Crippen LogP contribution in [0.1, 0.15) is 18.4 Å². The summed E-state index contributed by atoms with van der Waals surface area (Å²) < 4.78 is 5.12. The number of carbonyl (C=O) groups is 1. The molecule has 0 radical (unpaired) electrons. The second-order valence-corrected chi connectivity index (χ2v) is 6.04. The number of amides is 1. The molecule has 3 rings (SSSR count). The van der Waals surface area contributed by atoms with Crippen molar-refractivity contribution in [3.05, 3.63) is 35.9 Å². The number of carbonyl (C=O) groups excluding carboxylic acids is 1. The van der Waals surface area contributed by atoms with Gasteiger partial charge in [0, 0.05) is 31.1 Å². The van der Waals surface area contributed by atoms with Crippen LogP contribution in [0.3, 0.4) is 0 Å². The van der Waals surface area contributed by atoms with Crippen molar-refractivity contribution in [1.29, 1.82) is 0 Å². The molecule has 1 aromatic carbocycles. The topological polar surface area (TPSA) is 41.6 Å². The van der Waals surface area contributed by atoms with Crippen LogP contribution in [-0.2, 0) is 4.79 Å². The quantitative estimate of drug-likeness (QED) is 0.863. The first-order valence-corrected chi connectivity index (χ1v) is 7.53. The number of likely N-dealkylation sites (tertiary alicyclic amines) is 1. The van der Waals surface area contributed by atoms with Gasteiger partial charge in [-0.25, -0.2) is 0 Å². The monoisotopic (exact) mass is 286 g/mol. The van der Waals surface area contributed by atoms with Crippen molar-refractivity contribution >= 4 is 12.0 Å². The second kappa shape index (κ2) is 5.90. The number of hydrogen-bond donors (Lipinski definition) is 1. The molecule has 0 aliphatic carbocycles. The summed E-state index contributed by atoms with van der Waals surface area (Å²) >= 11 is 0. The molecule has 1 spiro atoms. The Morgan fingerprint density at radius 2 is 2.14 bits per heavy atom. The molecule has 0 bridgehead atoms. The van der Waals surface area contributed by atoms with Crippen LogP contribution >= 0.6 is 0 Å². The predicted octanol–water partition coefficient (Wildman–Crippen LogP) is 1.92. The molecular formula is C17H22N2O2. The Hall–Kier alpha value is -1.81. The first kappa shape index (κ1) is 14.1. The van der Waals surface area contributed by atoms with E-state index in [1.54, 1.807) is 13.2 Å². The third-order valence-electron chi connectivity index (χ3n) is 4.62. The highest BCUT2D eigenvalue weighted by Gasteiger charge is 2.41. The van der Waals surface area contributed by atoms with Crippen molar-refractivity contribution in [3.8, 4) is 5.75 Å². The molecule has 4 nitrogen and oxygen atoms in total. The Balaban J connectivity index is 1.59. The van der Waals surface area contributed by atoms with Gasteiger partial charge in [0.2, 0.25) is 5.91 Å². The van der Waals surface area contributed by atoms with Gasteiger partial charge in [0.15, 0.2) is 0 Å². The maximum Gasteiger partial charge on any atom is 0.246 e. The van der Waals surface area contributed by atoms with Crippen LogP contribution in [0.15, 0.2) is 30.3 Å². The first-order valence-electron chi connectivity index (χ1n) is 7.53. The van der Waals surface area contributed by atoms with E-state index in [-0.39, 0.29) is 5.91 Å². The largest absolute Gasteiger partial charge is 0.497 e. The van der Waals surface area contributed by atoms with Gasteiger partial charge in [0.1, 0.15) is 5.75 Å². The second-order valence-electron chi connectivity index (χ2n) is 6.04. The summed E-state index contributed by atoms with van der Waals surface area (Å²) in [6.07, 6.45) is 5.88. The summed E-state index contributed by atoms with van der Waals surface area (Å²) in [4.78, 5) is 14.3. The summed E-state index contributed by atoms with van der Waals surface area (Å²) in [5.74, 6) is 0.947. The summed E-state index contributed by atoms with van der Waals surface area (Å²) in [5.41, 5.74) is 1.35. The third kappa shape index (κ3) is 3.10. The molecule has 2 saturated heterocycles. The first-order chi connectivity index (χ1) is 10.2. The molecule has 2 heterocycles. The molecule has 0 saturated carbocycles. The van der Waals surface area contributed by atoms with Crippen molar-refractivity contribution < 1.29 is 9.53 Å². The Bertz CT molecular complexity index is 530. The summed E-state index contributed by atoms with van der Waals surface area (Å²) in [6, 6.07) is 7.71. The number of hydrogen-bond acceptors (Lipinski definition) is 3. The number of nitrogens with one attached hydrogen (secondary N) is 1. The highest BCUT2D eigenvalue weighted by atomic mass is 16.5. The van der Waals surface area contributed by atoms with E-state index in [1.165, 1.54) is 6.42 Å². The normalized spacial score (nSPS) is 25.1. The van der Waals surface area contributed by atoms with Gasteiger partial charge >= 0.3 is 0 Å². The van der Waals surface area contributed by atoms with E-state index in [9.17, 15) is 4.79 Å². The molecule has 112 valence electrons. The minimum absolute atomic E-state index is 0.120. The summed E-state index contributed by atoms with van der Waals surface area (Å²) in [6.45, 7) is 3.92. The molecule has 1 aromatic rings. The number of ether oxygens (including phenoxy) is 1. The molecule has 2 aliphatic heterocycles. The van der Waals surface area contributed by atoms with E-state index in [4.69, 9.17) is 4.74 Å². The van der Waals surface area contributed by atoms with Crippen molar-refractivity contribution in [1.82, 2.24) is 10.2 Å². The van der Waals surface area contributed by atoms with E-state index in [1.807, 2.05) is 35.2 Å². The number of nitrogens with zero attached hydrogens (tertiary/aromatic N) is 1. The minimum Gasteiger partial charge on any atom is -0.497 e. The maximum atomic E-state index is 12.3. The van der Waals surface area contributed by atoms with Gasteiger partial charge in [-0.1, -0.05) is 12.1 Å². The fraction of sp³-hybridized carbons (Fsp3) is 0.471. The lowest BCUT2D eigenvalue weighted by Gasteiger charge is -2.22. The average Bonchev–Trinajstić information content (AvgIpc) is 3.16. The van der Waals surface area contributed by atoms with Gasteiger partial charge < -0.3 is 15.0 Å². The minimum atomic E-state index is 0.120. The van der Waals surface area contributed by atoms with E-state index >= 15 is 0 Å². The zero-order valence-electron chi connectivity index (χ0n) is 12.5. The van der Waals surface area contributed by atoms with Crippen LogP contribution in [0.25, 0.3) is 6.08 Å². The molecule has 1 N–H and O–H groups in total. The highest BCUT2D eigenvalue weighted by Crippen LogP contribution is 2.36. The van der Waals surface area contributed by atoms with Gasteiger partial charge in [-0.15, -0.1) is 0 Å². The van der Waals surface area contributed by atoms with Crippen LogP contribution in [0.5, 0.6) is 5.75 Å². The van der Waals surface area contributed by atoms with E-state index in [0.717, 1.165) is 43.9 Å². The van der Waals surface area contributed by atoms with Crippen molar-refractivity contribution in [2.45, 2.75) is 12.8 Å². The van der Waals surface area contributed by atoms with Crippen LogP contribution < -0.4 is 10.1 Å². The van der Waals surface area contributed by atoms with Gasteiger partial charge in [0.05, 0.1) is 7.11 Å². The molecule has 4 heteroatoms. The van der Waals surface area contributed by atoms with Crippen molar-refractivity contribution in [2.75, 3.05) is 33.3 Å². The lowest BCUT2D eigenvalue weighted by atomic mass is 9.87. The predicted molar refractivity (Wildman–Crippen MR) is 83.1 cm³/mol. The van der Waals surface area contributed by atoms with E-state index in [0.29, 0.717) is 5.41 Å². The standard InChI is InChI=1S/C17H22N2O2/c1-21-15-5-2-14(3-6-15)4-7-16(20)19-11-9-17(13-19)8-10-18-12-17/h2-7,18H,8-13H2,1H3/b7-4+/t17-/m1/s1. The fourth-order valence-corrected chi connectivity index (χ4v) is 3.26. The van der Waals surface area contributed by atoms with Gasteiger partial charge in [-0.05, 0) is 43.2 Å². The number of rotatable bonds is 3. The molecule has 0 unspecified atom stereocenters. The van der Waals surface area contributed by atoms with Crippen LogP contribution in [0.2, 0.25) is 0 Å². The molecule has 0 aromatic heterocycles. The lowest BCUT2D eigenvalue weighted by molar-refractivity contribution is -0.125. The van der Waals surface area contributed by atoms with Crippen molar-refractivity contribution in [3.63, 3.8) is 0 Å². The third-order valence-corrected chi connectivity index (χ3v) is 4.62. The molecule has 1 atom stereocenters.